The highest BCUT2D eigenvalue weighted by Crippen LogP contribution is 2.18. The summed E-state index contributed by atoms with van der Waals surface area (Å²) < 4.78 is 0. The lowest BCUT2D eigenvalue weighted by atomic mass is 10.2. The first kappa shape index (κ1) is 13.8. The second-order valence-corrected chi connectivity index (χ2v) is 4.91. The number of hydrogen-bond donors (Lipinski definition) is 0. The largest absolute Gasteiger partial charge is 0.336 e. The van der Waals surface area contributed by atoms with Gasteiger partial charge in [-0.25, -0.2) is 4.98 Å². The molecule has 98 valence electrons. The molecular formula is C14H12Cl2N2O. The highest BCUT2D eigenvalue weighted by atomic mass is 35.5. The number of rotatable bonds is 3. The summed E-state index contributed by atoms with van der Waals surface area (Å²) in [4.78, 5) is 17.8. The summed E-state index contributed by atoms with van der Waals surface area (Å²) >= 11 is 11.8. The summed E-state index contributed by atoms with van der Waals surface area (Å²) in [5, 5.41) is 0.551. The molecule has 19 heavy (non-hydrogen) atoms. The van der Waals surface area contributed by atoms with E-state index in [0.717, 1.165) is 5.56 Å². The molecule has 0 saturated heterocycles. The van der Waals surface area contributed by atoms with Crippen LogP contribution in [0.3, 0.4) is 0 Å². The Morgan fingerprint density at radius 3 is 2.53 bits per heavy atom. The van der Waals surface area contributed by atoms with Crippen LogP contribution in [0.1, 0.15) is 16.1 Å². The van der Waals surface area contributed by atoms with Crippen molar-refractivity contribution in [2.75, 3.05) is 7.05 Å². The zero-order valence-electron chi connectivity index (χ0n) is 10.3. The van der Waals surface area contributed by atoms with Crippen molar-refractivity contribution >= 4 is 29.1 Å². The Labute approximate surface area is 121 Å². The van der Waals surface area contributed by atoms with Crippen LogP contribution in [-0.2, 0) is 6.54 Å². The Kier molecular flexibility index (Phi) is 4.40. The predicted molar refractivity (Wildman–Crippen MR) is 76.5 cm³/mol. The first-order chi connectivity index (χ1) is 9.08. The van der Waals surface area contributed by atoms with E-state index in [1.165, 1.54) is 0 Å². The first-order valence-corrected chi connectivity index (χ1v) is 6.45. The average Bonchev–Trinajstić information content (AvgIpc) is 2.42. The highest BCUT2D eigenvalue weighted by Gasteiger charge is 2.17. The molecule has 0 unspecified atom stereocenters. The van der Waals surface area contributed by atoms with Crippen molar-refractivity contribution in [2.24, 2.45) is 0 Å². The number of hydrogen-bond acceptors (Lipinski definition) is 2. The molecule has 0 saturated carbocycles. The smallest absolute Gasteiger partial charge is 0.274 e. The number of amides is 1. The minimum atomic E-state index is -0.253. The van der Waals surface area contributed by atoms with Gasteiger partial charge in [-0.15, -0.1) is 0 Å². The molecule has 1 aromatic carbocycles. The monoisotopic (exact) mass is 294 g/mol. The van der Waals surface area contributed by atoms with E-state index in [0.29, 0.717) is 11.6 Å². The van der Waals surface area contributed by atoms with Gasteiger partial charge in [0.25, 0.3) is 5.91 Å². The Bertz CT molecular complexity index is 587. The van der Waals surface area contributed by atoms with Gasteiger partial charge in [-0.3, -0.25) is 4.79 Å². The van der Waals surface area contributed by atoms with E-state index in [4.69, 9.17) is 23.2 Å². The fraction of sp³-hybridized carbons (Fsp3) is 0.143. The lowest BCUT2D eigenvalue weighted by Crippen LogP contribution is -2.27. The zero-order chi connectivity index (χ0) is 13.8. The molecule has 1 aromatic heterocycles. The maximum atomic E-state index is 12.2. The van der Waals surface area contributed by atoms with Gasteiger partial charge in [-0.05, 0) is 17.7 Å². The number of nitrogens with zero attached hydrogens (tertiary/aromatic N) is 2. The van der Waals surface area contributed by atoms with Crippen molar-refractivity contribution in [2.45, 2.75) is 6.54 Å². The van der Waals surface area contributed by atoms with E-state index in [1.807, 2.05) is 30.3 Å². The maximum Gasteiger partial charge on any atom is 0.274 e. The fourth-order valence-electron chi connectivity index (χ4n) is 1.68. The summed E-state index contributed by atoms with van der Waals surface area (Å²) in [7, 11) is 1.70. The van der Waals surface area contributed by atoms with Crippen molar-refractivity contribution < 1.29 is 4.79 Å². The molecule has 0 atom stereocenters. The van der Waals surface area contributed by atoms with Gasteiger partial charge in [0.05, 0.1) is 5.02 Å². The van der Waals surface area contributed by atoms with E-state index >= 15 is 0 Å². The normalized spacial score (nSPS) is 10.3. The molecule has 0 bridgehead atoms. The molecule has 0 aliphatic heterocycles. The quantitative estimate of drug-likeness (QED) is 0.810. The molecule has 0 radical (unpaired) electrons. The fourth-order valence-corrected chi connectivity index (χ4v) is 2.01. The second kappa shape index (κ2) is 6.04. The van der Waals surface area contributed by atoms with Crippen molar-refractivity contribution in [1.82, 2.24) is 9.88 Å². The summed E-state index contributed by atoms with van der Waals surface area (Å²) in [6, 6.07) is 12.8. The lowest BCUT2D eigenvalue weighted by Gasteiger charge is -2.17. The van der Waals surface area contributed by atoms with E-state index in [-0.39, 0.29) is 16.8 Å². The second-order valence-electron chi connectivity index (χ2n) is 4.11. The van der Waals surface area contributed by atoms with Crippen LogP contribution >= 0.6 is 23.2 Å². The molecule has 3 nitrogen and oxygen atoms in total. The maximum absolute atomic E-state index is 12.2. The van der Waals surface area contributed by atoms with Crippen LogP contribution in [0.25, 0.3) is 0 Å². The van der Waals surface area contributed by atoms with E-state index in [9.17, 15) is 4.79 Å². The van der Waals surface area contributed by atoms with Crippen LogP contribution < -0.4 is 0 Å². The summed E-state index contributed by atoms with van der Waals surface area (Å²) in [6.45, 7) is 0.490. The minimum Gasteiger partial charge on any atom is -0.336 e. The van der Waals surface area contributed by atoms with Gasteiger partial charge in [0.1, 0.15) is 10.8 Å². The third-order valence-electron chi connectivity index (χ3n) is 2.62. The SMILES string of the molecule is CN(Cc1ccccc1)C(=O)c1nc(Cl)ccc1Cl. The Balaban J connectivity index is 2.17. The van der Waals surface area contributed by atoms with Crippen LogP contribution in [0.15, 0.2) is 42.5 Å². The van der Waals surface area contributed by atoms with Gasteiger partial charge < -0.3 is 4.90 Å². The molecule has 0 fully saturated rings. The predicted octanol–water partition coefficient (Wildman–Crippen LogP) is 3.66. The van der Waals surface area contributed by atoms with E-state index in [1.54, 1.807) is 24.1 Å². The minimum absolute atomic E-state index is 0.174. The van der Waals surface area contributed by atoms with Gasteiger partial charge in [0, 0.05) is 13.6 Å². The molecule has 2 aromatic rings. The van der Waals surface area contributed by atoms with Crippen molar-refractivity contribution in [1.29, 1.82) is 0 Å². The Morgan fingerprint density at radius 2 is 1.84 bits per heavy atom. The summed E-state index contributed by atoms with van der Waals surface area (Å²) in [5.41, 5.74) is 1.21. The molecule has 0 aliphatic rings. The number of halogens is 2. The Hall–Kier alpha value is -1.58. The van der Waals surface area contributed by atoms with E-state index in [2.05, 4.69) is 4.98 Å². The number of pyridine rings is 1. The molecule has 0 aliphatic carbocycles. The van der Waals surface area contributed by atoms with Gasteiger partial charge in [0.2, 0.25) is 0 Å². The summed E-state index contributed by atoms with van der Waals surface area (Å²) in [5.74, 6) is -0.253. The van der Waals surface area contributed by atoms with Crippen LogP contribution in [-0.4, -0.2) is 22.8 Å². The van der Waals surface area contributed by atoms with Gasteiger partial charge in [-0.2, -0.15) is 0 Å². The molecular weight excluding hydrogens is 283 g/mol. The first-order valence-electron chi connectivity index (χ1n) is 5.69. The van der Waals surface area contributed by atoms with Crippen molar-refractivity contribution in [3.8, 4) is 0 Å². The topological polar surface area (TPSA) is 33.2 Å². The highest BCUT2D eigenvalue weighted by molar-refractivity contribution is 6.34. The van der Waals surface area contributed by atoms with Crippen LogP contribution in [0, 0.1) is 0 Å². The van der Waals surface area contributed by atoms with Crippen molar-refractivity contribution in [3.05, 3.63) is 63.9 Å². The molecule has 5 heteroatoms. The van der Waals surface area contributed by atoms with E-state index < -0.39 is 0 Å². The van der Waals surface area contributed by atoms with Gasteiger partial charge >= 0.3 is 0 Å². The van der Waals surface area contributed by atoms with Gasteiger partial charge in [0.15, 0.2) is 0 Å². The standard InChI is InChI=1S/C14H12Cl2N2O/c1-18(9-10-5-3-2-4-6-10)14(19)13-11(15)7-8-12(16)17-13/h2-8H,9H2,1H3. The number of carbonyl (C=O) groups excluding carboxylic acids is 1. The van der Waals surface area contributed by atoms with Crippen LogP contribution in [0.4, 0.5) is 0 Å². The summed E-state index contributed by atoms with van der Waals surface area (Å²) in [6.07, 6.45) is 0. The molecule has 2 rings (SSSR count). The van der Waals surface area contributed by atoms with Crippen molar-refractivity contribution in [3.63, 3.8) is 0 Å². The number of benzene rings is 1. The molecule has 1 amide bonds. The van der Waals surface area contributed by atoms with Crippen LogP contribution in [0.2, 0.25) is 10.2 Å². The molecule has 0 N–H and O–H groups in total. The third kappa shape index (κ3) is 3.46. The Morgan fingerprint density at radius 1 is 1.16 bits per heavy atom. The molecule has 1 heterocycles. The zero-order valence-corrected chi connectivity index (χ0v) is 11.8. The van der Waals surface area contributed by atoms with Gasteiger partial charge in [-0.1, -0.05) is 53.5 Å². The number of carbonyl (C=O) groups is 1. The lowest BCUT2D eigenvalue weighted by molar-refractivity contribution is 0.0779. The van der Waals surface area contributed by atoms with Crippen LogP contribution in [0.5, 0.6) is 0 Å². The number of aromatic nitrogens is 1. The third-order valence-corrected chi connectivity index (χ3v) is 3.14. The average molecular weight is 295 g/mol. The molecule has 0 spiro atoms.